The number of nitrogens with zero attached hydrogens (tertiary/aromatic N) is 2. The molecule has 0 radical (unpaired) electrons. The molecule has 0 spiro atoms. The molecule has 0 amide bonds. The Morgan fingerprint density at radius 1 is 1.62 bits per heavy atom. The zero-order valence-corrected chi connectivity index (χ0v) is 14.6. The molecule has 21 heavy (non-hydrogen) atoms. The van der Waals surface area contributed by atoms with E-state index in [1.54, 1.807) is 28.7 Å². The fourth-order valence-electron chi connectivity index (χ4n) is 1.61. The molecular weight excluding hydrogens is 412 g/mol. The highest BCUT2D eigenvalue weighted by atomic mass is 127. The third-order valence-corrected chi connectivity index (χ3v) is 4.17. The molecular formula is C13H14ClFIN3O2. The number of aliphatic carboxylic acids is 1. The standard InChI is InChI=1S/C13H14ClFIN3O2/c1-13(2,3)7(4-8(20)21)18-12-9(15)10(16)6(5-17)11(14)19-12/h7H,4H2,1-3H3,(H,18,19)(H,20,21). The average Bonchev–Trinajstić information content (AvgIpc) is 2.33. The zero-order chi connectivity index (χ0) is 16.4. The molecule has 1 unspecified atom stereocenters. The number of aromatic nitrogens is 1. The van der Waals surface area contributed by atoms with Crippen molar-refractivity contribution in [3.05, 3.63) is 20.1 Å². The Morgan fingerprint density at radius 3 is 2.62 bits per heavy atom. The van der Waals surface area contributed by atoms with Gasteiger partial charge in [-0.2, -0.15) is 5.26 Å². The normalized spacial score (nSPS) is 12.6. The number of hydrogen-bond acceptors (Lipinski definition) is 4. The third-order valence-electron chi connectivity index (χ3n) is 2.88. The van der Waals surface area contributed by atoms with Gasteiger partial charge in [-0.3, -0.25) is 4.79 Å². The first-order chi connectivity index (χ1) is 9.57. The van der Waals surface area contributed by atoms with Crippen LogP contribution in [0.5, 0.6) is 0 Å². The molecule has 114 valence electrons. The van der Waals surface area contributed by atoms with Gasteiger partial charge in [0.1, 0.15) is 11.6 Å². The van der Waals surface area contributed by atoms with E-state index in [1.165, 1.54) is 0 Å². The average molecular weight is 426 g/mol. The fourth-order valence-corrected chi connectivity index (χ4v) is 2.62. The van der Waals surface area contributed by atoms with Gasteiger partial charge >= 0.3 is 5.97 Å². The Bertz CT molecular complexity index is 611. The summed E-state index contributed by atoms with van der Waals surface area (Å²) >= 11 is 7.52. The maximum absolute atomic E-state index is 14.2. The lowest BCUT2D eigenvalue weighted by Gasteiger charge is -2.31. The quantitative estimate of drug-likeness (QED) is 0.568. The molecule has 0 aliphatic heterocycles. The lowest BCUT2D eigenvalue weighted by Crippen LogP contribution is -2.36. The highest BCUT2D eigenvalue weighted by Gasteiger charge is 2.29. The summed E-state index contributed by atoms with van der Waals surface area (Å²) in [5.41, 5.74) is -0.468. The van der Waals surface area contributed by atoms with Crippen LogP contribution in [-0.4, -0.2) is 22.1 Å². The summed E-state index contributed by atoms with van der Waals surface area (Å²) in [5.74, 6) is -1.86. The number of anilines is 1. The van der Waals surface area contributed by atoms with Gasteiger partial charge in [-0.15, -0.1) is 0 Å². The second-order valence-electron chi connectivity index (χ2n) is 5.53. The van der Waals surface area contributed by atoms with E-state index < -0.39 is 23.2 Å². The van der Waals surface area contributed by atoms with E-state index in [-0.39, 0.29) is 26.5 Å². The summed E-state index contributed by atoms with van der Waals surface area (Å²) in [6.07, 6.45) is -0.196. The minimum atomic E-state index is -1.00. The van der Waals surface area contributed by atoms with Crippen LogP contribution < -0.4 is 5.32 Å². The van der Waals surface area contributed by atoms with Crippen molar-refractivity contribution in [1.82, 2.24) is 4.98 Å². The fraction of sp³-hybridized carbons (Fsp3) is 0.462. The predicted molar refractivity (Wildman–Crippen MR) is 85.8 cm³/mol. The van der Waals surface area contributed by atoms with Crippen molar-refractivity contribution >= 4 is 46.0 Å². The molecule has 1 aromatic rings. The molecule has 5 nitrogen and oxygen atoms in total. The van der Waals surface area contributed by atoms with E-state index in [9.17, 15) is 9.18 Å². The highest BCUT2D eigenvalue weighted by molar-refractivity contribution is 14.1. The van der Waals surface area contributed by atoms with Crippen molar-refractivity contribution in [3.8, 4) is 6.07 Å². The Hall–Kier alpha value is -1.14. The number of rotatable bonds is 4. The molecule has 0 fully saturated rings. The van der Waals surface area contributed by atoms with Crippen LogP contribution in [0, 0.1) is 26.1 Å². The predicted octanol–water partition coefficient (Wildman–Crippen LogP) is 3.65. The van der Waals surface area contributed by atoms with E-state index in [0.717, 1.165) is 0 Å². The lowest BCUT2D eigenvalue weighted by molar-refractivity contribution is -0.137. The highest BCUT2D eigenvalue weighted by Crippen LogP contribution is 2.30. The summed E-state index contributed by atoms with van der Waals surface area (Å²) in [6.45, 7) is 5.51. The second kappa shape index (κ2) is 6.75. The first-order valence-corrected chi connectivity index (χ1v) is 7.46. The van der Waals surface area contributed by atoms with Gasteiger partial charge in [0.05, 0.1) is 9.99 Å². The topological polar surface area (TPSA) is 86.0 Å². The molecule has 2 N–H and O–H groups in total. The molecule has 8 heteroatoms. The Balaban J connectivity index is 3.22. The van der Waals surface area contributed by atoms with Gasteiger partial charge < -0.3 is 10.4 Å². The van der Waals surface area contributed by atoms with Crippen LogP contribution in [0.1, 0.15) is 32.8 Å². The van der Waals surface area contributed by atoms with Gasteiger partial charge in [0, 0.05) is 6.04 Å². The van der Waals surface area contributed by atoms with Crippen LogP contribution in [0.15, 0.2) is 0 Å². The van der Waals surface area contributed by atoms with Gasteiger partial charge in [0.25, 0.3) is 0 Å². The second-order valence-corrected chi connectivity index (χ2v) is 6.96. The molecule has 0 bridgehead atoms. The first kappa shape index (κ1) is 17.9. The van der Waals surface area contributed by atoms with Gasteiger partial charge in [-0.05, 0) is 28.0 Å². The zero-order valence-electron chi connectivity index (χ0n) is 11.7. The van der Waals surface area contributed by atoms with E-state index in [2.05, 4.69) is 10.3 Å². The monoisotopic (exact) mass is 425 g/mol. The van der Waals surface area contributed by atoms with Crippen LogP contribution in [0.25, 0.3) is 0 Å². The largest absolute Gasteiger partial charge is 0.481 e. The van der Waals surface area contributed by atoms with Crippen LogP contribution in [0.3, 0.4) is 0 Å². The van der Waals surface area contributed by atoms with E-state index in [1.807, 2.05) is 20.8 Å². The number of halogens is 3. The number of carboxylic acids is 1. The summed E-state index contributed by atoms with van der Waals surface area (Å²) in [4.78, 5) is 14.8. The SMILES string of the molecule is CC(C)(C)C(CC(=O)O)Nc1nc(Cl)c(C#N)c(I)c1F. The molecule has 0 aliphatic rings. The van der Waals surface area contributed by atoms with Gasteiger partial charge in [0.15, 0.2) is 16.8 Å². The minimum Gasteiger partial charge on any atom is -0.481 e. The molecule has 1 heterocycles. The number of nitriles is 1. The number of carbonyl (C=O) groups is 1. The van der Waals surface area contributed by atoms with Crippen molar-refractivity contribution in [2.45, 2.75) is 33.2 Å². The maximum Gasteiger partial charge on any atom is 0.305 e. The molecule has 0 saturated carbocycles. The minimum absolute atomic E-state index is 0.0362. The number of pyridine rings is 1. The lowest BCUT2D eigenvalue weighted by atomic mass is 9.85. The van der Waals surface area contributed by atoms with Crippen LogP contribution in [0.2, 0.25) is 5.15 Å². The Kier molecular flexibility index (Phi) is 5.75. The van der Waals surface area contributed by atoms with E-state index in [0.29, 0.717) is 0 Å². The summed E-state index contributed by atoms with van der Waals surface area (Å²) < 4.78 is 14.3. The Morgan fingerprint density at radius 2 is 2.19 bits per heavy atom. The third kappa shape index (κ3) is 4.41. The smallest absolute Gasteiger partial charge is 0.305 e. The van der Waals surface area contributed by atoms with E-state index >= 15 is 0 Å². The van der Waals surface area contributed by atoms with Crippen LogP contribution in [-0.2, 0) is 4.79 Å². The van der Waals surface area contributed by atoms with Crippen molar-refractivity contribution in [3.63, 3.8) is 0 Å². The summed E-state index contributed by atoms with van der Waals surface area (Å²) in [6, 6.07) is 1.24. The van der Waals surface area contributed by atoms with Crippen LogP contribution in [0.4, 0.5) is 10.2 Å². The van der Waals surface area contributed by atoms with Crippen molar-refractivity contribution < 1.29 is 14.3 Å². The number of nitrogens with one attached hydrogen (secondary N) is 1. The first-order valence-electron chi connectivity index (χ1n) is 6.00. The van der Waals surface area contributed by atoms with Crippen molar-refractivity contribution in [1.29, 1.82) is 5.26 Å². The van der Waals surface area contributed by atoms with Gasteiger partial charge in [-0.1, -0.05) is 32.4 Å². The van der Waals surface area contributed by atoms with Gasteiger partial charge in [0.2, 0.25) is 0 Å². The summed E-state index contributed by atoms with van der Waals surface area (Å²) in [5, 5.41) is 20.5. The summed E-state index contributed by atoms with van der Waals surface area (Å²) in [7, 11) is 0. The number of carboxylic acid groups (broad SMARTS) is 1. The number of hydrogen-bond donors (Lipinski definition) is 2. The molecule has 0 aliphatic carbocycles. The Labute approximate surface area is 140 Å². The molecule has 0 saturated heterocycles. The maximum atomic E-state index is 14.2. The van der Waals surface area contributed by atoms with Crippen LogP contribution >= 0.6 is 34.2 Å². The molecule has 1 aromatic heterocycles. The van der Waals surface area contributed by atoms with Crippen molar-refractivity contribution in [2.75, 3.05) is 5.32 Å². The molecule has 1 rings (SSSR count). The van der Waals surface area contributed by atoms with E-state index in [4.69, 9.17) is 22.0 Å². The molecule has 1 atom stereocenters. The van der Waals surface area contributed by atoms with Gasteiger partial charge in [-0.25, -0.2) is 9.37 Å². The molecule has 0 aromatic carbocycles. The van der Waals surface area contributed by atoms with Crippen molar-refractivity contribution in [2.24, 2.45) is 5.41 Å².